The van der Waals surface area contributed by atoms with E-state index in [-0.39, 0.29) is 11.4 Å². The number of hydrogen-bond acceptors (Lipinski definition) is 3. The van der Waals surface area contributed by atoms with Crippen molar-refractivity contribution in [3.63, 3.8) is 0 Å². The summed E-state index contributed by atoms with van der Waals surface area (Å²) in [6, 6.07) is 15.2. The van der Waals surface area contributed by atoms with Gasteiger partial charge in [-0.25, -0.2) is 4.79 Å². The molecule has 0 bridgehead atoms. The fourth-order valence-corrected chi connectivity index (χ4v) is 1.88. The molecule has 0 spiro atoms. The second-order valence-corrected chi connectivity index (χ2v) is 4.55. The Labute approximate surface area is 122 Å². The first-order valence-electron chi connectivity index (χ1n) is 6.37. The molecule has 0 fully saturated rings. The van der Waals surface area contributed by atoms with Crippen molar-refractivity contribution in [3.05, 3.63) is 70.3 Å². The number of para-hydroxylation sites is 2. The highest BCUT2D eigenvalue weighted by Crippen LogP contribution is 2.23. The summed E-state index contributed by atoms with van der Waals surface area (Å²) in [6.45, 7) is 0.424. The second kappa shape index (κ2) is 6.51. The standard InChI is InChI=1S/C15H15N3O3/c1-17(11-12-7-3-2-4-8-12)15(19)16-13-9-5-6-10-14(13)18(20)21/h2-10H,11H2,1H3,(H,16,19). The summed E-state index contributed by atoms with van der Waals surface area (Å²) in [6.07, 6.45) is 0. The molecule has 2 amide bonds. The monoisotopic (exact) mass is 285 g/mol. The molecule has 0 atom stereocenters. The van der Waals surface area contributed by atoms with Crippen molar-refractivity contribution in [2.24, 2.45) is 0 Å². The van der Waals surface area contributed by atoms with Gasteiger partial charge in [0, 0.05) is 19.7 Å². The van der Waals surface area contributed by atoms with Crippen LogP contribution in [0.15, 0.2) is 54.6 Å². The van der Waals surface area contributed by atoms with E-state index < -0.39 is 11.0 Å². The van der Waals surface area contributed by atoms with Crippen molar-refractivity contribution in [3.8, 4) is 0 Å². The Morgan fingerprint density at radius 2 is 1.76 bits per heavy atom. The number of nitrogens with zero attached hydrogens (tertiary/aromatic N) is 2. The number of carbonyl (C=O) groups excluding carboxylic acids is 1. The van der Waals surface area contributed by atoms with Crippen molar-refractivity contribution < 1.29 is 9.72 Å². The van der Waals surface area contributed by atoms with E-state index in [1.807, 2.05) is 30.3 Å². The summed E-state index contributed by atoms with van der Waals surface area (Å²) < 4.78 is 0. The van der Waals surface area contributed by atoms with Gasteiger partial charge in [0.25, 0.3) is 5.69 Å². The van der Waals surface area contributed by atoms with E-state index in [2.05, 4.69) is 5.32 Å². The number of rotatable bonds is 4. The minimum atomic E-state index is -0.521. The maximum absolute atomic E-state index is 12.1. The molecule has 6 nitrogen and oxygen atoms in total. The molecule has 2 rings (SSSR count). The van der Waals surface area contributed by atoms with Crippen molar-refractivity contribution in [1.82, 2.24) is 4.90 Å². The van der Waals surface area contributed by atoms with Crippen LogP contribution in [0.1, 0.15) is 5.56 Å². The molecule has 0 aromatic heterocycles. The van der Waals surface area contributed by atoms with Crippen LogP contribution in [0.2, 0.25) is 0 Å². The largest absolute Gasteiger partial charge is 0.323 e. The van der Waals surface area contributed by atoms with Crippen LogP contribution in [-0.2, 0) is 6.54 Å². The van der Waals surface area contributed by atoms with E-state index in [9.17, 15) is 14.9 Å². The number of urea groups is 1. The Balaban J connectivity index is 2.06. The van der Waals surface area contributed by atoms with Gasteiger partial charge in [-0.3, -0.25) is 10.1 Å². The normalized spacial score (nSPS) is 9.95. The summed E-state index contributed by atoms with van der Waals surface area (Å²) in [5, 5.41) is 13.5. The summed E-state index contributed by atoms with van der Waals surface area (Å²) in [7, 11) is 1.64. The van der Waals surface area contributed by atoms with Crippen molar-refractivity contribution in [2.75, 3.05) is 12.4 Å². The average molecular weight is 285 g/mol. The Bertz CT molecular complexity index is 644. The van der Waals surface area contributed by atoms with Crippen molar-refractivity contribution in [2.45, 2.75) is 6.54 Å². The zero-order valence-corrected chi connectivity index (χ0v) is 11.5. The second-order valence-electron chi connectivity index (χ2n) is 4.55. The summed E-state index contributed by atoms with van der Waals surface area (Å²) in [5.41, 5.74) is 1.05. The number of benzene rings is 2. The van der Waals surface area contributed by atoms with Gasteiger partial charge in [-0.15, -0.1) is 0 Å². The molecule has 0 aliphatic heterocycles. The first-order valence-corrected chi connectivity index (χ1v) is 6.37. The van der Waals surface area contributed by atoms with E-state index in [1.54, 1.807) is 19.2 Å². The van der Waals surface area contributed by atoms with Crippen LogP contribution in [-0.4, -0.2) is 22.9 Å². The van der Waals surface area contributed by atoms with E-state index >= 15 is 0 Å². The Morgan fingerprint density at radius 1 is 1.14 bits per heavy atom. The number of nitro benzene ring substituents is 1. The Hall–Kier alpha value is -2.89. The summed E-state index contributed by atoms with van der Waals surface area (Å²) >= 11 is 0. The van der Waals surface area contributed by atoms with Crippen molar-refractivity contribution >= 4 is 17.4 Å². The lowest BCUT2D eigenvalue weighted by Gasteiger charge is -2.18. The third kappa shape index (κ3) is 3.79. The third-order valence-corrected chi connectivity index (χ3v) is 2.95. The molecule has 108 valence electrons. The number of nitrogens with one attached hydrogen (secondary N) is 1. The van der Waals surface area contributed by atoms with Gasteiger partial charge in [0.05, 0.1) is 4.92 Å². The Morgan fingerprint density at radius 3 is 2.43 bits per heavy atom. The number of anilines is 1. The lowest BCUT2D eigenvalue weighted by Crippen LogP contribution is -2.31. The molecule has 2 aromatic carbocycles. The minimum absolute atomic E-state index is 0.126. The van der Waals surface area contributed by atoms with Gasteiger partial charge in [-0.05, 0) is 11.6 Å². The van der Waals surface area contributed by atoms with E-state index in [0.717, 1.165) is 5.56 Å². The Kier molecular flexibility index (Phi) is 4.50. The average Bonchev–Trinajstić information content (AvgIpc) is 2.48. The number of amides is 2. The van der Waals surface area contributed by atoms with Gasteiger partial charge >= 0.3 is 6.03 Å². The maximum Gasteiger partial charge on any atom is 0.322 e. The predicted octanol–water partition coefficient (Wildman–Crippen LogP) is 3.26. The van der Waals surface area contributed by atoms with Crippen LogP contribution in [0.4, 0.5) is 16.2 Å². The fourth-order valence-electron chi connectivity index (χ4n) is 1.88. The molecule has 21 heavy (non-hydrogen) atoms. The molecule has 0 radical (unpaired) electrons. The SMILES string of the molecule is CN(Cc1ccccc1)C(=O)Nc1ccccc1[N+](=O)[O-]. The third-order valence-electron chi connectivity index (χ3n) is 2.95. The lowest BCUT2D eigenvalue weighted by molar-refractivity contribution is -0.383. The van der Waals surface area contributed by atoms with Gasteiger partial charge < -0.3 is 10.2 Å². The molecule has 0 heterocycles. The number of nitro groups is 1. The van der Waals surface area contributed by atoms with E-state index in [4.69, 9.17) is 0 Å². The van der Waals surface area contributed by atoms with Crippen molar-refractivity contribution in [1.29, 1.82) is 0 Å². The lowest BCUT2D eigenvalue weighted by atomic mass is 10.2. The van der Waals surface area contributed by atoms with Gasteiger partial charge in [-0.2, -0.15) is 0 Å². The van der Waals surface area contributed by atoms with Gasteiger partial charge in [0.2, 0.25) is 0 Å². The highest BCUT2D eigenvalue weighted by molar-refractivity contribution is 5.91. The number of carbonyl (C=O) groups is 1. The van der Waals surface area contributed by atoms with Gasteiger partial charge in [-0.1, -0.05) is 42.5 Å². The summed E-state index contributed by atoms with van der Waals surface area (Å²) in [5.74, 6) is 0. The molecule has 0 unspecified atom stereocenters. The van der Waals surface area contributed by atoms with Crippen LogP contribution in [0.5, 0.6) is 0 Å². The topological polar surface area (TPSA) is 75.5 Å². The minimum Gasteiger partial charge on any atom is -0.323 e. The smallest absolute Gasteiger partial charge is 0.322 e. The molecule has 0 saturated heterocycles. The van der Waals surface area contributed by atoms with Crippen LogP contribution >= 0.6 is 0 Å². The van der Waals surface area contributed by atoms with E-state index in [1.165, 1.54) is 17.0 Å². The zero-order valence-electron chi connectivity index (χ0n) is 11.5. The highest BCUT2D eigenvalue weighted by Gasteiger charge is 2.16. The maximum atomic E-state index is 12.1. The van der Waals surface area contributed by atoms with Crippen LogP contribution < -0.4 is 5.32 Å². The van der Waals surface area contributed by atoms with Gasteiger partial charge in [0.1, 0.15) is 5.69 Å². The molecular weight excluding hydrogens is 270 g/mol. The molecule has 0 aliphatic rings. The number of hydrogen-bond donors (Lipinski definition) is 1. The fraction of sp³-hybridized carbons (Fsp3) is 0.133. The summed E-state index contributed by atoms with van der Waals surface area (Å²) in [4.78, 5) is 23.9. The van der Waals surface area contributed by atoms with Gasteiger partial charge in [0.15, 0.2) is 0 Å². The van der Waals surface area contributed by atoms with Crippen LogP contribution in [0, 0.1) is 10.1 Å². The van der Waals surface area contributed by atoms with E-state index in [0.29, 0.717) is 6.54 Å². The molecule has 0 saturated carbocycles. The quantitative estimate of drug-likeness (QED) is 0.692. The molecule has 1 N–H and O–H groups in total. The first kappa shape index (κ1) is 14.5. The predicted molar refractivity (Wildman–Crippen MR) is 80.0 cm³/mol. The van der Waals surface area contributed by atoms with Crippen LogP contribution in [0.3, 0.4) is 0 Å². The molecular formula is C15H15N3O3. The van der Waals surface area contributed by atoms with Crippen LogP contribution in [0.25, 0.3) is 0 Å². The highest BCUT2D eigenvalue weighted by atomic mass is 16.6. The molecule has 2 aromatic rings. The molecule has 6 heteroatoms. The zero-order chi connectivity index (χ0) is 15.2. The molecule has 0 aliphatic carbocycles. The first-order chi connectivity index (χ1) is 10.1.